The molecule has 0 radical (unpaired) electrons. The molecule has 0 atom stereocenters. The van der Waals surface area contributed by atoms with Gasteiger partial charge in [0.2, 0.25) is 5.91 Å². The number of aromatic amines is 1. The molecule has 0 aromatic carbocycles. The third-order valence-electron chi connectivity index (χ3n) is 1.54. The van der Waals surface area contributed by atoms with Gasteiger partial charge in [-0.3, -0.25) is 9.89 Å². The normalized spacial score (nSPS) is 10.6. The van der Waals surface area contributed by atoms with E-state index < -0.39 is 0 Å². The molecule has 0 fully saturated rings. The topological polar surface area (TPSA) is 61.9 Å². The van der Waals surface area contributed by atoms with Crippen molar-refractivity contribution >= 4 is 5.91 Å². The number of hydrogen-bond donors (Lipinski definition) is 1. The molecule has 0 saturated carbocycles. The highest BCUT2D eigenvalue weighted by Gasteiger charge is 2.06. The van der Waals surface area contributed by atoms with Gasteiger partial charge in [0.15, 0.2) is 0 Å². The van der Waals surface area contributed by atoms with Crippen molar-refractivity contribution in [3.05, 3.63) is 24.3 Å². The molecular formula is C8H12N4O. The van der Waals surface area contributed by atoms with Gasteiger partial charge in [-0.2, -0.15) is 5.10 Å². The van der Waals surface area contributed by atoms with Gasteiger partial charge in [-0.1, -0.05) is 6.08 Å². The van der Waals surface area contributed by atoms with Gasteiger partial charge in [0, 0.05) is 7.05 Å². The van der Waals surface area contributed by atoms with Crippen LogP contribution in [0.15, 0.2) is 18.5 Å². The van der Waals surface area contributed by atoms with E-state index in [4.69, 9.17) is 0 Å². The number of H-pyrrole nitrogens is 1. The highest BCUT2D eigenvalue weighted by molar-refractivity contribution is 5.87. The van der Waals surface area contributed by atoms with Crippen LogP contribution in [-0.2, 0) is 11.3 Å². The van der Waals surface area contributed by atoms with E-state index in [1.54, 1.807) is 24.9 Å². The molecule has 1 N–H and O–H groups in total. The van der Waals surface area contributed by atoms with Crippen LogP contribution < -0.4 is 0 Å². The second-order valence-electron chi connectivity index (χ2n) is 2.63. The van der Waals surface area contributed by atoms with Gasteiger partial charge in [-0.15, -0.1) is 0 Å². The van der Waals surface area contributed by atoms with Crippen molar-refractivity contribution < 1.29 is 4.79 Å². The minimum Gasteiger partial charge on any atom is -0.335 e. The summed E-state index contributed by atoms with van der Waals surface area (Å²) in [4.78, 5) is 16.7. The van der Waals surface area contributed by atoms with Gasteiger partial charge in [0.05, 0.1) is 6.54 Å². The molecule has 70 valence electrons. The van der Waals surface area contributed by atoms with Crippen molar-refractivity contribution in [2.75, 3.05) is 7.05 Å². The number of carbonyl (C=O) groups excluding carboxylic acids is 1. The lowest BCUT2D eigenvalue weighted by molar-refractivity contribution is -0.125. The lowest BCUT2D eigenvalue weighted by Gasteiger charge is -2.12. The van der Waals surface area contributed by atoms with Crippen molar-refractivity contribution in [2.45, 2.75) is 13.5 Å². The Labute approximate surface area is 76.5 Å². The fourth-order valence-corrected chi connectivity index (χ4v) is 0.879. The first-order chi connectivity index (χ1) is 6.24. The van der Waals surface area contributed by atoms with Gasteiger partial charge in [-0.25, -0.2) is 4.98 Å². The molecule has 0 aliphatic heterocycles. The summed E-state index contributed by atoms with van der Waals surface area (Å²) in [5.41, 5.74) is 0. The maximum Gasteiger partial charge on any atom is 0.246 e. The number of hydrogen-bond acceptors (Lipinski definition) is 3. The molecule has 1 amide bonds. The minimum absolute atomic E-state index is 0.0427. The fourth-order valence-electron chi connectivity index (χ4n) is 0.879. The lowest BCUT2D eigenvalue weighted by atomic mass is 10.4. The maximum absolute atomic E-state index is 11.2. The third-order valence-corrected chi connectivity index (χ3v) is 1.54. The molecule has 0 spiro atoms. The molecule has 0 saturated heterocycles. The minimum atomic E-state index is -0.0427. The van der Waals surface area contributed by atoms with Crippen LogP contribution in [0.1, 0.15) is 12.7 Å². The number of likely N-dealkylation sites (N-methyl/N-ethyl adjacent to an activating group) is 1. The summed E-state index contributed by atoms with van der Waals surface area (Å²) < 4.78 is 0. The quantitative estimate of drug-likeness (QED) is 0.682. The zero-order chi connectivity index (χ0) is 9.68. The average Bonchev–Trinajstić information content (AvgIpc) is 2.57. The number of amides is 1. The Morgan fingerprint density at radius 2 is 2.54 bits per heavy atom. The molecule has 0 aliphatic carbocycles. The van der Waals surface area contributed by atoms with Crippen molar-refractivity contribution in [1.29, 1.82) is 0 Å². The highest BCUT2D eigenvalue weighted by Crippen LogP contribution is 1.95. The Kier molecular flexibility index (Phi) is 3.19. The number of nitrogens with one attached hydrogen (secondary N) is 1. The Morgan fingerprint density at radius 1 is 1.77 bits per heavy atom. The molecule has 0 unspecified atom stereocenters. The largest absolute Gasteiger partial charge is 0.335 e. The predicted molar refractivity (Wildman–Crippen MR) is 47.7 cm³/mol. The maximum atomic E-state index is 11.2. The van der Waals surface area contributed by atoms with Crippen LogP contribution in [0.4, 0.5) is 0 Å². The summed E-state index contributed by atoms with van der Waals surface area (Å²) in [5.74, 6) is 0.638. The molecule has 1 aromatic rings. The molecule has 5 heteroatoms. The van der Waals surface area contributed by atoms with E-state index in [9.17, 15) is 4.79 Å². The van der Waals surface area contributed by atoms with Gasteiger partial charge in [0.1, 0.15) is 12.2 Å². The van der Waals surface area contributed by atoms with Crippen LogP contribution >= 0.6 is 0 Å². The molecule has 13 heavy (non-hydrogen) atoms. The Balaban J connectivity index is 2.50. The number of aromatic nitrogens is 3. The second kappa shape index (κ2) is 4.39. The zero-order valence-corrected chi connectivity index (χ0v) is 7.69. The molecule has 1 aromatic heterocycles. The average molecular weight is 180 g/mol. The molecule has 0 bridgehead atoms. The number of nitrogens with zero attached hydrogens (tertiary/aromatic N) is 3. The molecule has 0 aliphatic rings. The summed E-state index contributed by atoms with van der Waals surface area (Å²) in [7, 11) is 1.71. The fraction of sp³-hybridized carbons (Fsp3) is 0.375. The van der Waals surface area contributed by atoms with Gasteiger partial charge in [0.25, 0.3) is 0 Å². The summed E-state index contributed by atoms with van der Waals surface area (Å²) in [6.45, 7) is 2.25. The first kappa shape index (κ1) is 9.44. The van der Waals surface area contributed by atoms with E-state index in [1.807, 2.05) is 0 Å². The number of rotatable bonds is 3. The van der Waals surface area contributed by atoms with Crippen molar-refractivity contribution in [3.8, 4) is 0 Å². The summed E-state index contributed by atoms with van der Waals surface area (Å²) >= 11 is 0. The molecule has 5 nitrogen and oxygen atoms in total. The Bertz CT molecular complexity index is 291. The molecule has 1 heterocycles. The van der Waals surface area contributed by atoms with Crippen molar-refractivity contribution in [2.24, 2.45) is 0 Å². The zero-order valence-electron chi connectivity index (χ0n) is 7.69. The van der Waals surface area contributed by atoms with E-state index in [1.165, 1.54) is 12.4 Å². The van der Waals surface area contributed by atoms with Gasteiger partial charge >= 0.3 is 0 Å². The van der Waals surface area contributed by atoms with Crippen LogP contribution in [0.2, 0.25) is 0 Å². The Hall–Kier alpha value is -1.65. The number of allylic oxidation sites excluding steroid dienone is 1. The van der Waals surface area contributed by atoms with E-state index in [-0.39, 0.29) is 5.91 Å². The SMILES string of the molecule is CC=CC(=O)N(C)Cc1ncn[nH]1. The summed E-state index contributed by atoms with van der Waals surface area (Å²) in [6, 6.07) is 0. The number of carbonyl (C=O) groups is 1. The van der Waals surface area contributed by atoms with E-state index in [0.717, 1.165) is 0 Å². The van der Waals surface area contributed by atoms with Crippen LogP contribution in [0.3, 0.4) is 0 Å². The molecule has 1 rings (SSSR count). The first-order valence-electron chi connectivity index (χ1n) is 3.96. The predicted octanol–water partition coefficient (Wildman–Crippen LogP) is 0.339. The van der Waals surface area contributed by atoms with E-state index >= 15 is 0 Å². The summed E-state index contributed by atoms with van der Waals surface area (Å²) in [5, 5.41) is 6.37. The van der Waals surface area contributed by atoms with Gasteiger partial charge < -0.3 is 4.90 Å². The monoisotopic (exact) mass is 180 g/mol. The van der Waals surface area contributed by atoms with Crippen LogP contribution in [0, 0.1) is 0 Å². The third kappa shape index (κ3) is 2.70. The van der Waals surface area contributed by atoms with Crippen molar-refractivity contribution in [3.63, 3.8) is 0 Å². The van der Waals surface area contributed by atoms with E-state index in [2.05, 4.69) is 15.2 Å². The van der Waals surface area contributed by atoms with Crippen LogP contribution in [0.5, 0.6) is 0 Å². The second-order valence-corrected chi connectivity index (χ2v) is 2.63. The van der Waals surface area contributed by atoms with Crippen molar-refractivity contribution in [1.82, 2.24) is 20.1 Å². The standard InChI is InChI=1S/C8H12N4O/c1-3-4-8(13)12(2)5-7-9-6-10-11-7/h3-4,6H,5H2,1-2H3,(H,9,10,11). The smallest absolute Gasteiger partial charge is 0.246 e. The Morgan fingerprint density at radius 3 is 3.08 bits per heavy atom. The summed E-state index contributed by atoms with van der Waals surface area (Å²) in [6.07, 6.45) is 4.64. The molecular weight excluding hydrogens is 168 g/mol. The van der Waals surface area contributed by atoms with E-state index in [0.29, 0.717) is 12.4 Å². The van der Waals surface area contributed by atoms with Crippen LogP contribution in [0.25, 0.3) is 0 Å². The first-order valence-corrected chi connectivity index (χ1v) is 3.96. The lowest BCUT2D eigenvalue weighted by Crippen LogP contribution is -2.24. The van der Waals surface area contributed by atoms with Gasteiger partial charge in [-0.05, 0) is 13.0 Å². The van der Waals surface area contributed by atoms with Crippen LogP contribution in [-0.4, -0.2) is 33.0 Å². The highest BCUT2D eigenvalue weighted by atomic mass is 16.2.